The Morgan fingerprint density at radius 3 is 2.76 bits per heavy atom. The Balaban J connectivity index is 2.06. The van der Waals surface area contributed by atoms with Crippen molar-refractivity contribution in [1.82, 2.24) is 4.90 Å². The van der Waals surface area contributed by atoms with E-state index >= 15 is 0 Å². The average molecular weight is 343 g/mol. The summed E-state index contributed by atoms with van der Waals surface area (Å²) in [5.41, 5.74) is 5.29. The topological polar surface area (TPSA) is 87.2 Å². The standard InChI is InChI=1S/C19H22FN3O2/c1-19(2)10-12(9-15(22)17(19)24)7-8-23(3)18(25)14-6-4-5-13(11-21)16(14)20/h4-6,9,12H,7-8,10,22H2,1-3H3. The van der Waals surface area contributed by atoms with Crippen molar-refractivity contribution in [2.24, 2.45) is 17.1 Å². The summed E-state index contributed by atoms with van der Waals surface area (Å²) in [5.74, 6) is -1.24. The van der Waals surface area contributed by atoms with Gasteiger partial charge in [0.2, 0.25) is 0 Å². The zero-order chi connectivity index (χ0) is 18.8. The molecule has 1 atom stereocenters. The van der Waals surface area contributed by atoms with Crippen LogP contribution in [0.15, 0.2) is 30.0 Å². The fourth-order valence-electron chi connectivity index (χ4n) is 3.16. The summed E-state index contributed by atoms with van der Waals surface area (Å²) in [6, 6.07) is 5.92. The predicted octanol–water partition coefficient (Wildman–Crippen LogP) is 2.62. The highest BCUT2D eigenvalue weighted by atomic mass is 19.1. The molecule has 0 spiro atoms. The summed E-state index contributed by atoms with van der Waals surface area (Å²) in [4.78, 5) is 25.9. The van der Waals surface area contributed by atoms with Crippen molar-refractivity contribution in [2.75, 3.05) is 13.6 Å². The van der Waals surface area contributed by atoms with Crippen LogP contribution < -0.4 is 5.73 Å². The van der Waals surface area contributed by atoms with E-state index in [0.717, 1.165) is 0 Å². The first-order valence-electron chi connectivity index (χ1n) is 8.13. The number of nitrogens with two attached hydrogens (primary N) is 1. The molecule has 1 unspecified atom stereocenters. The maximum atomic E-state index is 14.1. The van der Waals surface area contributed by atoms with Crippen LogP contribution in [0.4, 0.5) is 4.39 Å². The third-order valence-electron chi connectivity index (χ3n) is 4.60. The van der Waals surface area contributed by atoms with Crippen molar-refractivity contribution in [3.8, 4) is 6.07 Å². The van der Waals surface area contributed by atoms with E-state index in [9.17, 15) is 14.0 Å². The van der Waals surface area contributed by atoms with E-state index in [1.165, 1.54) is 23.1 Å². The molecule has 1 aromatic rings. The number of amides is 1. The quantitative estimate of drug-likeness (QED) is 0.910. The van der Waals surface area contributed by atoms with Crippen LogP contribution in [0.25, 0.3) is 0 Å². The van der Waals surface area contributed by atoms with Crippen molar-refractivity contribution in [1.29, 1.82) is 5.26 Å². The monoisotopic (exact) mass is 343 g/mol. The van der Waals surface area contributed by atoms with Gasteiger partial charge < -0.3 is 10.6 Å². The van der Waals surface area contributed by atoms with Gasteiger partial charge in [-0.15, -0.1) is 0 Å². The van der Waals surface area contributed by atoms with Crippen molar-refractivity contribution in [3.05, 3.63) is 46.9 Å². The van der Waals surface area contributed by atoms with Gasteiger partial charge in [-0.3, -0.25) is 9.59 Å². The van der Waals surface area contributed by atoms with E-state index in [1.54, 1.807) is 19.2 Å². The zero-order valence-corrected chi connectivity index (χ0v) is 14.7. The lowest BCUT2D eigenvalue weighted by Crippen LogP contribution is -2.37. The van der Waals surface area contributed by atoms with Crippen LogP contribution in [0, 0.1) is 28.5 Å². The van der Waals surface area contributed by atoms with Gasteiger partial charge in [0.25, 0.3) is 5.91 Å². The van der Waals surface area contributed by atoms with Crippen LogP contribution in [0.3, 0.4) is 0 Å². The van der Waals surface area contributed by atoms with E-state index in [-0.39, 0.29) is 28.5 Å². The predicted molar refractivity (Wildman–Crippen MR) is 91.9 cm³/mol. The van der Waals surface area contributed by atoms with Crippen LogP contribution in [0.2, 0.25) is 0 Å². The van der Waals surface area contributed by atoms with Crippen molar-refractivity contribution in [3.63, 3.8) is 0 Å². The van der Waals surface area contributed by atoms with Crippen LogP contribution >= 0.6 is 0 Å². The highest BCUT2D eigenvalue weighted by Crippen LogP contribution is 2.35. The number of carbonyl (C=O) groups excluding carboxylic acids is 2. The molecule has 0 heterocycles. The minimum absolute atomic E-state index is 0.0522. The molecule has 5 nitrogen and oxygen atoms in total. The van der Waals surface area contributed by atoms with Gasteiger partial charge in [-0.05, 0) is 30.9 Å². The van der Waals surface area contributed by atoms with Gasteiger partial charge in [-0.1, -0.05) is 26.0 Å². The Labute approximate surface area is 146 Å². The van der Waals surface area contributed by atoms with E-state index in [0.29, 0.717) is 19.4 Å². The Kier molecular flexibility index (Phi) is 5.27. The lowest BCUT2D eigenvalue weighted by atomic mass is 9.73. The second-order valence-electron chi connectivity index (χ2n) is 7.09. The Bertz CT molecular complexity index is 777. The van der Waals surface area contributed by atoms with E-state index in [4.69, 9.17) is 11.0 Å². The fourth-order valence-corrected chi connectivity index (χ4v) is 3.16. The molecular weight excluding hydrogens is 321 g/mol. The smallest absolute Gasteiger partial charge is 0.256 e. The number of rotatable bonds is 4. The minimum atomic E-state index is -0.796. The molecule has 6 heteroatoms. The molecule has 0 radical (unpaired) electrons. The molecule has 0 saturated heterocycles. The van der Waals surface area contributed by atoms with E-state index in [1.807, 2.05) is 13.8 Å². The number of hydrogen-bond donors (Lipinski definition) is 1. The van der Waals surface area contributed by atoms with Crippen LogP contribution in [-0.4, -0.2) is 30.2 Å². The molecule has 1 amide bonds. The molecule has 1 aliphatic rings. The molecule has 1 aromatic carbocycles. The number of ketones is 1. The molecule has 2 rings (SSSR count). The molecule has 0 fully saturated rings. The van der Waals surface area contributed by atoms with Crippen molar-refractivity contribution in [2.45, 2.75) is 26.7 Å². The van der Waals surface area contributed by atoms with Crippen molar-refractivity contribution < 1.29 is 14.0 Å². The van der Waals surface area contributed by atoms with E-state index < -0.39 is 17.1 Å². The zero-order valence-electron chi connectivity index (χ0n) is 14.7. The van der Waals surface area contributed by atoms with Gasteiger partial charge in [-0.25, -0.2) is 4.39 Å². The molecule has 0 aliphatic heterocycles. The van der Waals surface area contributed by atoms with Crippen LogP contribution in [-0.2, 0) is 4.79 Å². The highest BCUT2D eigenvalue weighted by Gasteiger charge is 2.35. The Morgan fingerprint density at radius 1 is 1.48 bits per heavy atom. The van der Waals surface area contributed by atoms with Crippen LogP contribution in [0.5, 0.6) is 0 Å². The first-order valence-corrected chi connectivity index (χ1v) is 8.13. The number of nitrogens with zero attached hydrogens (tertiary/aromatic N) is 2. The molecule has 0 aromatic heterocycles. The maximum Gasteiger partial charge on any atom is 0.256 e. The largest absolute Gasteiger partial charge is 0.396 e. The van der Waals surface area contributed by atoms with Gasteiger partial charge in [0, 0.05) is 19.0 Å². The first-order chi connectivity index (χ1) is 11.7. The Hall–Kier alpha value is -2.68. The number of halogens is 1. The number of nitriles is 1. The second kappa shape index (κ2) is 7.06. The minimum Gasteiger partial charge on any atom is -0.396 e. The van der Waals surface area contributed by atoms with Gasteiger partial charge >= 0.3 is 0 Å². The second-order valence-corrected chi connectivity index (χ2v) is 7.09. The van der Waals surface area contributed by atoms with E-state index in [2.05, 4.69) is 0 Å². The van der Waals surface area contributed by atoms with Gasteiger partial charge in [-0.2, -0.15) is 5.26 Å². The van der Waals surface area contributed by atoms with Crippen LogP contribution in [0.1, 0.15) is 42.6 Å². The molecule has 25 heavy (non-hydrogen) atoms. The number of benzene rings is 1. The number of allylic oxidation sites excluding steroid dienone is 2. The summed E-state index contributed by atoms with van der Waals surface area (Å²) in [7, 11) is 1.59. The van der Waals surface area contributed by atoms with Gasteiger partial charge in [0.1, 0.15) is 6.07 Å². The third kappa shape index (κ3) is 3.87. The summed E-state index contributed by atoms with van der Waals surface area (Å²) < 4.78 is 14.1. The number of hydrogen-bond acceptors (Lipinski definition) is 4. The molecule has 132 valence electrons. The number of carbonyl (C=O) groups is 2. The highest BCUT2D eigenvalue weighted by molar-refractivity contribution is 5.99. The molecule has 0 bridgehead atoms. The summed E-state index contributed by atoms with van der Waals surface area (Å²) >= 11 is 0. The fraction of sp³-hybridized carbons (Fsp3) is 0.421. The summed E-state index contributed by atoms with van der Waals surface area (Å²) in [6.07, 6.45) is 3.04. The average Bonchev–Trinajstić information content (AvgIpc) is 2.56. The third-order valence-corrected chi connectivity index (χ3v) is 4.60. The normalized spacial score (nSPS) is 19.1. The number of Topliss-reactive ketones (excluding diaryl/α,β-unsaturated/α-hetero) is 1. The first kappa shape index (κ1) is 18.7. The molecule has 0 saturated carbocycles. The lowest BCUT2D eigenvalue weighted by Gasteiger charge is -2.32. The Morgan fingerprint density at radius 2 is 2.16 bits per heavy atom. The lowest BCUT2D eigenvalue weighted by molar-refractivity contribution is -0.124. The molecule has 1 aliphatic carbocycles. The summed E-state index contributed by atoms with van der Waals surface area (Å²) in [6.45, 7) is 4.12. The van der Waals surface area contributed by atoms with Gasteiger partial charge in [0.15, 0.2) is 11.6 Å². The maximum absolute atomic E-state index is 14.1. The SMILES string of the molecule is CN(CCC1C=C(N)C(=O)C(C)(C)C1)C(=O)c1cccc(C#N)c1F. The summed E-state index contributed by atoms with van der Waals surface area (Å²) in [5, 5.41) is 8.87. The molecule has 2 N–H and O–H groups in total. The molecular formula is C19H22FN3O2. The van der Waals surface area contributed by atoms with Crippen molar-refractivity contribution >= 4 is 11.7 Å². The van der Waals surface area contributed by atoms with Gasteiger partial charge in [0.05, 0.1) is 16.8 Å².